The van der Waals surface area contributed by atoms with Crippen LogP contribution in [0.3, 0.4) is 0 Å². The highest BCUT2D eigenvalue weighted by atomic mass is 16.5. The molecule has 0 aliphatic carbocycles. The number of carbonyl (C=O) groups is 1. The van der Waals surface area contributed by atoms with Gasteiger partial charge < -0.3 is 9.84 Å². The van der Waals surface area contributed by atoms with E-state index in [1.807, 2.05) is 43.3 Å². The van der Waals surface area contributed by atoms with Gasteiger partial charge in [-0.1, -0.05) is 29.8 Å². The SMILES string of the molecule is Cc1ccc(Oc2ccc(C3=CCN=C3)cc2C(=O)O)cc1. The molecule has 0 fully saturated rings. The van der Waals surface area contributed by atoms with Gasteiger partial charge in [0.2, 0.25) is 0 Å². The molecule has 0 amide bonds. The van der Waals surface area contributed by atoms with Crippen molar-refractivity contribution < 1.29 is 14.6 Å². The van der Waals surface area contributed by atoms with Crippen molar-refractivity contribution in [2.24, 2.45) is 4.99 Å². The third-order valence-electron chi connectivity index (χ3n) is 3.44. The largest absolute Gasteiger partial charge is 0.478 e. The van der Waals surface area contributed by atoms with Crippen LogP contribution in [-0.2, 0) is 0 Å². The Morgan fingerprint density at radius 3 is 2.59 bits per heavy atom. The number of hydrogen-bond donors (Lipinski definition) is 1. The first-order valence-electron chi connectivity index (χ1n) is 6.96. The minimum absolute atomic E-state index is 0.138. The summed E-state index contributed by atoms with van der Waals surface area (Å²) in [6.07, 6.45) is 3.71. The molecule has 2 aromatic carbocycles. The maximum Gasteiger partial charge on any atom is 0.339 e. The van der Waals surface area contributed by atoms with Gasteiger partial charge in [-0.2, -0.15) is 0 Å². The van der Waals surface area contributed by atoms with Crippen molar-refractivity contribution in [3.05, 3.63) is 65.2 Å². The van der Waals surface area contributed by atoms with Crippen LogP contribution in [0.2, 0.25) is 0 Å². The Morgan fingerprint density at radius 2 is 1.95 bits per heavy atom. The molecule has 1 heterocycles. The quantitative estimate of drug-likeness (QED) is 0.928. The van der Waals surface area contributed by atoms with Gasteiger partial charge in [-0.3, -0.25) is 4.99 Å². The highest BCUT2D eigenvalue weighted by Gasteiger charge is 2.15. The molecule has 2 aromatic rings. The normalized spacial score (nSPS) is 13.0. The van der Waals surface area contributed by atoms with E-state index in [0.29, 0.717) is 18.0 Å². The van der Waals surface area contributed by atoms with E-state index >= 15 is 0 Å². The molecule has 0 spiro atoms. The summed E-state index contributed by atoms with van der Waals surface area (Å²) in [6, 6.07) is 12.6. The summed E-state index contributed by atoms with van der Waals surface area (Å²) in [6.45, 7) is 2.62. The van der Waals surface area contributed by atoms with Crippen LogP contribution in [0.4, 0.5) is 0 Å². The number of nitrogens with zero attached hydrogens (tertiary/aromatic N) is 1. The summed E-state index contributed by atoms with van der Waals surface area (Å²) in [7, 11) is 0. The number of ether oxygens (including phenoxy) is 1. The maximum atomic E-state index is 11.5. The van der Waals surface area contributed by atoms with E-state index in [1.54, 1.807) is 18.3 Å². The molecule has 0 bridgehead atoms. The number of rotatable bonds is 4. The second-order valence-corrected chi connectivity index (χ2v) is 5.08. The van der Waals surface area contributed by atoms with E-state index in [4.69, 9.17) is 4.74 Å². The van der Waals surface area contributed by atoms with E-state index in [0.717, 1.165) is 16.7 Å². The van der Waals surface area contributed by atoms with Crippen LogP contribution in [-0.4, -0.2) is 23.8 Å². The number of hydrogen-bond acceptors (Lipinski definition) is 3. The molecule has 1 aliphatic rings. The summed E-state index contributed by atoms with van der Waals surface area (Å²) in [5, 5.41) is 9.42. The third-order valence-corrected chi connectivity index (χ3v) is 3.44. The van der Waals surface area contributed by atoms with Crippen molar-refractivity contribution in [3.63, 3.8) is 0 Å². The Balaban J connectivity index is 1.95. The predicted octanol–water partition coefficient (Wildman–Crippen LogP) is 3.95. The van der Waals surface area contributed by atoms with E-state index in [-0.39, 0.29) is 5.56 Å². The lowest BCUT2D eigenvalue weighted by atomic mass is 10.0. The first-order chi connectivity index (χ1) is 10.6. The fourth-order valence-corrected chi connectivity index (χ4v) is 2.25. The van der Waals surface area contributed by atoms with Crippen molar-refractivity contribution in [2.75, 3.05) is 6.54 Å². The van der Waals surface area contributed by atoms with Crippen LogP contribution in [0.25, 0.3) is 5.57 Å². The minimum Gasteiger partial charge on any atom is -0.478 e. The highest BCUT2D eigenvalue weighted by molar-refractivity contribution is 6.12. The summed E-state index contributed by atoms with van der Waals surface area (Å²) >= 11 is 0. The van der Waals surface area contributed by atoms with Crippen molar-refractivity contribution in [2.45, 2.75) is 6.92 Å². The van der Waals surface area contributed by atoms with Gasteiger partial charge >= 0.3 is 5.97 Å². The van der Waals surface area contributed by atoms with Crippen molar-refractivity contribution in [1.29, 1.82) is 0 Å². The Hall–Kier alpha value is -2.88. The minimum atomic E-state index is -1.01. The van der Waals surface area contributed by atoms with E-state index in [9.17, 15) is 9.90 Å². The number of carboxylic acids is 1. The number of aliphatic imine (C=N–C) groups is 1. The lowest BCUT2D eigenvalue weighted by Gasteiger charge is -2.10. The van der Waals surface area contributed by atoms with Crippen LogP contribution in [0.15, 0.2) is 53.5 Å². The summed E-state index contributed by atoms with van der Waals surface area (Å²) in [5.41, 5.74) is 3.02. The van der Waals surface area contributed by atoms with E-state index < -0.39 is 5.97 Å². The van der Waals surface area contributed by atoms with Gasteiger partial charge in [-0.15, -0.1) is 0 Å². The monoisotopic (exact) mass is 293 g/mol. The van der Waals surface area contributed by atoms with Gasteiger partial charge in [0.25, 0.3) is 0 Å². The molecule has 4 nitrogen and oxygen atoms in total. The smallest absolute Gasteiger partial charge is 0.339 e. The maximum absolute atomic E-state index is 11.5. The Bertz CT molecular complexity index is 773. The van der Waals surface area contributed by atoms with Gasteiger partial charge in [-0.05, 0) is 42.3 Å². The standard InChI is InChI=1S/C18H15NO3/c1-12-2-5-15(6-3-12)22-17-7-4-13(10-16(17)18(20)21)14-8-9-19-11-14/h2-8,10-11H,9H2,1H3,(H,20,21). The molecule has 4 heteroatoms. The lowest BCUT2D eigenvalue weighted by molar-refractivity contribution is 0.0694. The van der Waals surface area contributed by atoms with Gasteiger partial charge in [0, 0.05) is 6.21 Å². The molecule has 3 rings (SSSR count). The second kappa shape index (κ2) is 5.85. The van der Waals surface area contributed by atoms with E-state index in [2.05, 4.69) is 4.99 Å². The fourth-order valence-electron chi connectivity index (χ4n) is 2.25. The second-order valence-electron chi connectivity index (χ2n) is 5.08. The number of carboxylic acid groups (broad SMARTS) is 1. The highest BCUT2D eigenvalue weighted by Crippen LogP contribution is 2.29. The summed E-state index contributed by atoms with van der Waals surface area (Å²) in [5.74, 6) is -0.0716. The zero-order valence-corrected chi connectivity index (χ0v) is 12.1. The molecular weight excluding hydrogens is 278 g/mol. The van der Waals surface area contributed by atoms with Crippen molar-refractivity contribution in [1.82, 2.24) is 0 Å². The number of allylic oxidation sites excluding steroid dienone is 1. The van der Waals surface area contributed by atoms with Gasteiger partial charge in [0.05, 0.1) is 6.54 Å². The molecule has 110 valence electrons. The molecule has 0 radical (unpaired) electrons. The van der Waals surface area contributed by atoms with E-state index in [1.165, 1.54) is 0 Å². The number of aryl methyl sites for hydroxylation is 1. The lowest BCUT2D eigenvalue weighted by Crippen LogP contribution is -2.01. The van der Waals surface area contributed by atoms with Gasteiger partial charge in [-0.25, -0.2) is 4.79 Å². The predicted molar refractivity (Wildman–Crippen MR) is 86.0 cm³/mol. The van der Waals surface area contributed by atoms with Crippen LogP contribution in [0.5, 0.6) is 11.5 Å². The molecule has 0 aromatic heterocycles. The summed E-state index contributed by atoms with van der Waals surface area (Å²) in [4.78, 5) is 15.6. The first kappa shape index (κ1) is 14.1. The molecule has 0 saturated carbocycles. The zero-order chi connectivity index (χ0) is 15.5. The van der Waals surface area contributed by atoms with Crippen LogP contribution >= 0.6 is 0 Å². The molecule has 0 unspecified atom stereocenters. The average Bonchev–Trinajstić information content (AvgIpc) is 3.04. The van der Waals surface area contributed by atoms with Gasteiger partial charge in [0.1, 0.15) is 17.1 Å². The van der Waals surface area contributed by atoms with Crippen molar-refractivity contribution in [3.8, 4) is 11.5 Å². The topological polar surface area (TPSA) is 58.9 Å². The third kappa shape index (κ3) is 2.91. The molecule has 1 aliphatic heterocycles. The van der Waals surface area contributed by atoms with Crippen LogP contribution in [0.1, 0.15) is 21.5 Å². The Labute approximate surface area is 128 Å². The molecular formula is C18H15NO3. The zero-order valence-electron chi connectivity index (χ0n) is 12.1. The Morgan fingerprint density at radius 1 is 1.18 bits per heavy atom. The number of benzene rings is 2. The Kier molecular flexibility index (Phi) is 3.74. The van der Waals surface area contributed by atoms with Gasteiger partial charge in [0.15, 0.2) is 0 Å². The summed E-state index contributed by atoms with van der Waals surface area (Å²) < 4.78 is 5.71. The van der Waals surface area contributed by atoms with Crippen LogP contribution < -0.4 is 4.74 Å². The average molecular weight is 293 g/mol. The number of aromatic carboxylic acids is 1. The fraction of sp³-hybridized carbons (Fsp3) is 0.111. The molecule has 22 heavy (non-hydrogen) atoms. The molecule has 0 atom stereocenters. The van der Waals surface area contributed by atoms with Crippen LogP contribution in [0, 0.1) is 6.92 Å². The van der Waals surface area contributed by atoms with Crippen molar-refractivity contribution >= 4 is 17.8 Å². The molecule has 0 saturated heterocycles. The molecule has 1 N–H and O–H groups in total. The first-order valence-corrected chi connectivity index (χ1v) is 6.96.